The first-order valence-electron chi connectivity index (χ1n) is 3.99. The van der Waals surface area contributed by atoms with Crippen LogP contribution in [0, 0.1) is 0 Å². The zero-order valence-electron chi connectivity index (χ0n) is 7.04. The van der Waals surface area contributed by atoms with Crippen LogP contribution in [0.15, 0.2) is 24.4 Å². The predicted molar refractivity (Wildman–Crippen MR) is 46.3 cm³/mol. The summed E-state index contributed by atoms with van der Waals surface area (Å²) in [5, 5.41) is 3.30. The molecule has 1 aromatic rings. The summed E-state index contributed by atoms with van der Waals surface area (Å²) in [5.74, 6) is 0. The molecule has 0 amide bonds. The molecule has 0 aliphatic heterocycles. The van der Waals surface area contributed by atoms with Crippen LogP contribution in [0.1, 0.15) is 25.6 Å². The Morgan fingerprint density at radius 2 is 2.36 bits per heavy atom. The van der Waals surface area contributed by atoms with Crippen LogP contribution in [0.4, 0.5) is 0 Å². The molecular weight excluding hydrogens is 136 g/mol. The third kappa shape index (κ3) is 2.31. The molecule has 11 heavy (non-hydrogen) atoms. The van der Waals surface area contributed by atoms with E-state index in [1.807, 2.05) is 24.4 Å². The van der Waals surface area contributed by atoms with Crippen LogP contribution in [0.2, 0.25) is 0 Å². The molecule has 2 nitrogen and oxygen atoms in total. The number of rotatable bonds is 3. The zero-order valence-corrected chi connectivity index (χ0v) is 7.04. The molecule has 0 spiro atoms. The van der Waals surface area contributed by atoms with Gasteiger partial charge in [0.2, 0.25) is 0 Å². The van der Waals surface area contributed by atoms with Gasteiger partial charge in [0.05, 0.1) is 5.69 Å². The van der Waals surface area contributed by atoms with Crippen LogP contribution in [-0.2, 0) is 0 Å². The Morgan fingerprint density at radius 3 is 2.91 bits per heavy atom. The third-order valence-corrected chi connectivity index (χ3v) is 1.64. The SMILES string of the molecule is CCN[C@@H](C)c1ccccn1. The first-order chi connectivity index (χ1) is 5.34. The average Bonchev–Trinajstić information content (AvgIpc) is 2.07. The summed E-state index contributed by atoms with van der Waals surface area (Å²) >= 11 is 0. The molecule has 1 heterocycles. The summed E-state index contributed by atoms with van der Waals surface area (Å²) in [6.45, 7) is 5.20. The summed E-state index contributed by atoms with van der Waals surface area (Å²) < 4.78 is 0. The molecule has 0 aliphatic carbocycles. The van der Waals surface area contributed by atoms with Gasteiger partial charge in [-0.2, -0.15) is 0 Å². The molecule has 0 radical (unpaired) electrons. The van der Waals surface area contributed by atoms with E-state index in [4.69, 9.17) is 0 Å². The van der Waals surface area contributed by atoms with E-state index >= 15 is 0 Å². The van der Waals surface area contributed by atoms with Crippen LogP contribution in [0.5, 0.6) is 0 Å². The number of pyridine rings is 1. The lowest BCUT2D eigenvalue weighted by Crippen LogP contribution is -2.18. The molecule has 0 fully saturated rings. The second-order valence-corrected chi connectivity index (χ2v) is 2.53. The van der Waals surface area contributed by atoms with Crippen LogP contribution >= 0.6 is 0 Å². The number of nitrogens with one attached hydrogen (secondary N) is 1. The standard InChI is InChI=1S/C9H14N2/c1-3-10-8(2)9-6-4-5-7-11-9/h4-8,10H,3H2,1-2H3/t8-/m0/s1. The molecule has 2 heteroatoms. The van der Waals surface area contributed by atoms with E-state index in [0.717, 1.165) is 12.2 Å². The maximum absolute atomic E-state index is 4.23. The highest BCUT2D eigenvalue weighted by molar-refractivity contribution is 5.07. The number of hydrogen-bond donors (Lipinski definition) is 1. The monoisotopic (exact) mass is 150 g/mol. The summed E-state index contributed by atoms with van der Waals surface area (Å²) in [7, 11) is 0. The van der Waals surface area contributed by atoms with Gasteiger partial charge in [-0.15, -0.1) is 0 Å². The molecule has 0 saturated heterocycles. The fourth-order valence-electron chi connectivity index (χ4n) is 1.04. The van der Waals surface area contributed by atoms with E-state index in [-0.39, 0.29) is 0 Å². The van der Waals surface area contributed by atoms with Crippen molar-refractivity contribution in [2.45, 2.75) is 19.9 Å². The van der Waals surface area contributed by atoms with Crippen molar-refractivity contribution in [1.82, 2.24) is 10.3 Å². The van der Waals surface area contributed by atoms with Crippen molar-refractivity contribution in [3.63, 3.8) is 0 Å². The summed E-state index contributed by atoms with van der Waals surface area (Å²) in [6.07, 6.45) is 1.82. The molecular formula is C9H14N2. The maximum Gasteiger partial charge on any atom is 0.0570 e. The third-order valence-electron chi connectivity index (χ3n) is 1.64. The van der Waals surface area contributed by atoms with E-state index < -0.39 is 0 Å². The molecule has 0 aliphatic rings. The lowest BCUT2D eigenvalue weighted by atomic mass is 10.2. The highest BCUT2D eigenvalue weighted by Gasteiger charge is 2.01. The van der Waals surface area contributed by atoms with Gasteiger partial charge in [0, 0.05) is 12.2 Å². The molecule has 0 aromatic carbocycles. The van der Waals surface area contributed by atoms with Crippen molar-refractivity contribution in [2.75, 3.05) is 6.54 Å². The van der Waals surface area contributed by atoms with Gasteiger partial charge in [0.25, 0.3) is 0 Å². The Labute approximate surface area is 67.7 Å². The Bertz CT molecular complexity index is 196. The Hall–Kier alpha value is -0.890. The van der Waals surface area contributed by atoms with Crippen molar-refractivity contribution >= 4 is 0 Å². The molecule has 60 valence electrons. The lowest BCUT2D eigenvalue weighted by Gasteiger charge is -2.10. The minimum absolute atomic E-state index is 0.362. The summed E-state index contributed by atoms with van der Waals surface area (Å²) in [5.41, 5.74) is 1.11. The summed E-state index contributed by atoms with van der Waals surface area (Å²) in [6, 6.07) is 6.34. The van der Waals surface area contributed by atoms with E-state index in [2.05, 4.69) is 24.1 Å². The van der Waals surface area contributed by atoms with Gasteiger partial charge >= 0.3 is 0 Å². The van der Waals surface area contributed by atoms with E-state index in [9.17, 15) is 0 Å². The van der Waals surface area contributed by atoms with E-state index in [1.54, 1.807) is 0 Å². The predicted octanol–water partition coefficient (Wildman–Crippen LogP) is 1.75. The van der Waals surface area contributed by atoms with E-state index in [1.165, 1.54) is 0 Å². The minimum atomic E-state index is 0.362. The largest absolute Gasteiger partial charge is 0.309 e. The fraction of sp³-hybridized carbons (Fsp3) is 0.444. The van der Waals surface area contributed by atoms with Gasteiger partial charge in [0.15, 0.2) is 0 Å². The average molecular weight is 150 g/mol. The molecule has 1 rings (SSSR count). The van der Waals surface area contributed by atoms with Crippen molar-refractivity contribution in [1.29, 1.82) is 0 Å². The number of hydrogen-bond acceptors (Lipinski definition) is 2. The minimum Gasteiger partial charge on any atom is -0.309 e. The van der Waals surface area contributed by atoms with Crippen LogP contribution in [-0.4, -0.2) is 11.5 Å². The van der Waals surface area contributed by atoms with Gasteiger partial charge in [-0.1, -0.05) is 13.0 Å². The molecule has 1 atom stereocenters. The van der Waals surface area contributed by atoms with Crippen LogP contribution in [0.25, 0.3) is 0 Å². The molecule has 0 saturated carbocycles. The van der Waals surface area contributed by atoms with Crippen LogP contribution < -0.4 is 5.32 Å². The highest BCUT2D eigenvalue weighted by atomic mass is 14.9. The number of nitrogens with zero attached hydrogens (tertiary/aromatic N) is 1. The van der Waals surface area contributed by atoms with Gasteiger partial charge in [-0.05, 0) is 25.6 Å². The molecule has 1 aromatic heterocycles. The van der Waals surface area contributed by atoms with E-state index in [0.29, 0.717) is 6.04 Å². The number of aromatic nitrogens is 1. The van der Waals surface area contributed by atoms with Crippen molar-refractivity contribution in [3.8, 4) is 0 Å². The quantitative estimate of drug-likeness (QED) is 0.710. The van der Waals surface area contributed by atoms with Crippen molar-refractivity contribution < 1.29 is 0 Å². The zero-order chi connectivity index (χ0) is 8.10. The van der Waals surface area contributed by atoms with Crippen molar-refractivity contribution in [3.05, 3.63) is 30.1 Å². The highest BCUT2D eigenvalue weighted by Crippen LogP contribution is 2.06. The van der Waals surface area contributed by atoms with Gasteiger partial charge in [0.1, 0.15) is 0 Å². The maximum atomic E-state index is 4.23. The molecule has 1 N–H and O–H groups in total. The molecule has 0 bridgehead atoms. The fourth-order valence-corrected chi connectivity index (χ4v) is 1.04. The van der Waals surface area contributed by atoms with Crippen molar-refractivity contribution in [2.24, 2.45) is 0 Å². The van der Waals surface area contributed by atoms with Gasteiger partial charge in [-0.3, -0.25) is 4.98 Å². The van der Waals surface area contributed by atoms with Gasteiger partial charge < -0.3 is 5.32 Å². The first kappa shape index (κ1) is 8.21. The smallest absolute Gasteiger partial charge is 0.0570 e. The van der Waals surface area contributed by atoms with Crippen LogP contribution in [0.3, 0.4) is 0 Å². The Morgan fingerprint density at radius 1 is 1.55 bits per heavy atom. The second kappa shape index (κ2) is 4.09. The second-order valence-electron chi connectivity index (χ2n) is 2.53. The van der Waals surface area contributed by atoms with Gasteiger partial charge in [-0.25, -0.2) is 0 Å². The molecule has 0 unspecified atom stereocenters. The normalized spacial score (nSPS) is 12.9. The lowest BCUT2D eigenvalue weighted by molar-refractivity contribution is 0.583. The Balaban J connectivity index is 2.61. The summed E-state index contributed by atoms with van der Waals surface area (Å²) in [4.78, 5) is 4.23. The topological polar surface area (TPSA) is 24.9 Å². The first-order valence-corrected chi connectivity index (χ1v) is 3.99. The Kier molecular flexibility index (Phi) is 3.05.